The molecule has 31 heavy (non-hydrogen) atoms. The van der Waals surface area contributed by atoms with Crippen LogP contribution in [0.25, 0.3) is 15.3 Å². The number of anilines is 1. The Balaban J connectivity index is 1.64. The van der Waals surface area contributed by atoms with Gasteiger partial charge in [-0.1, -0.05) is 17.4 Å². The quantitative estimate of drug-likeness (QED) is 0.502. The van der Waals surface area contributed by atoms with Gasteiger partial charge in [-0.05, 0) is 42.8 Å². The minimum Gasteiger partial charge on any atom is -0.504 e. The van der Waals surface area contributed by atoms with Crippen molar-refractivity contribution in [2.24, 2.45) is 0 Å². The minimum atomic E-state index is -0.207. The zero-order valence-electron chi connectivity index (χ0n) is 17.2. The molecular formula is C22H20N4O4S. The lowest BCUT2D eigenvalue weighted by atomic mass is 9.85. The van der Waals surface area contributed by atoms with Crippen molar-refractivity contribution < 1.29 is 19.4 Å². The Morgan fingerprint density at radius 3 is 2.81 bits per heavy atom. The lowest BCUT2D eigenvalue weighted by Crippen LogP contribution is -2.24. The molecule has 0 saturated carbocycles. The van der Waals surface area contributed by atoms with Crippen LogP contribution < -0.4 is 14.8 Å². The van der Waals surface area contributed by atoms with E-state index >= 15 is 0 Å². The number of hydrogen-bond acceptors (Lipinski definition) is 7. The van der Waals surface area contributed by atoms with Gasteiger partial charge in [-0.2, -0.15) is 9.78 Å². The standard InChI is InChI=1S/C22H20N4O4S/c1-11-20-14(12-4-7-16(27)17(8-12)30-3)10-19(28)24-21(20)26(25-11)22-23-15-6-5-13(29-2)9-18(15)31-22/h4-9,14,27H,10H2,1-3H3,(H,24,28)/t14-/m0/s1. The molecule has 3 heterocycles. The van der Waals surface area contributed by atoms with Crippen LogP contribution in [0, 0.1) is 6.92 Å². The number of aromatic hydroxyl groups is 1. The molecule has 2 aromatic heterocycles. The number of carbonyl (C=O) groups excluding carboxylic acids is 1. The molecule has 1 aliphatic heterocycles. The van der Waals surface area contributed by atoms with Crippen LogP contribution in [0.3, 0.4) is 0 Å². The first kappa shape index (κ1) is 19.4. The fourth-order valence-electron chi connectivity index (χ4n) is 3.99. The number of amides is 1. The maximum Gasteiger partial charge on any atom is 0.226 e. The van der Waals surface area contributed by atoms with Gasteiger partial charge in [0.2, 0.25) is 11.0 Å². The van der Waals surface area contributed by atoms with Crippen molar-refractivity contribution in [1.29, 1.82) is 0 Å². The third kappa shape index (κ3) is 3.17. The van der Waals surface area contributed by atoms with Gasteiger partial charge in [0.25, 0.3) is 0 Å². The minimum absolute atomic E-state index is 0.0593. The number of rotatable bonds is 4. The average molecular weight is 436 g/mol. The number of ether oxygens (including phenoxy) is 2. The molecule has 0 saturated heterocycles. The van der Waals surface area contributed by atoms with Crippen LogP contribution in [0.4, 0.5) is 5.82 Å². The van der Waals surface area contributed by atoms with Gasteiger partial charge in [0, 0.05) is 17.9 Å². The van der Waals surface area contributed by atoms with Gasteiger partial charge in [-0.15, -0.1) is 0 Å². The topological polar surface area (TPSA) is 98.5 Å². The fourth-order valence-corrected chi connectivity index (χ4v) is 4.94. The number of aromatic nitrogens is 3. The van der Waals surface area contributed by atoms with Gasteiger partial charge in [0.1, 0.15) is 11.6 Å². The number of aryl methyl sites for hydroxylation is 1. The third-order valence-electron chi connectivity index (χ3n) is 5.47. The predicted molar refractivity (Wildman–Crippen MR) is 118 cm³/mol. The van der Waals surface area contributed by atoms with E-state index in [-0.39, 0.29) is 24.0 Å². The normalized spacial score (nSPS) is 15.6. The van der Waals surface area contributed by atoms with Crippen molar-refractivity contribution in [3.63, 3.8) is 0 Å². The molecule has 2 N–H and O–H groups in total. The van der Waals surface area contributed by atoms with Crippen molar-refractivity contribution in [2.45, 2.75) is 19.3 Å². The number of phenolic OH excluding ortho intramolecular Hbond substituents is 1. The molecule has 1 amide bonds. The summed E-state index contributed by atoms with van der Waals surface area (Å²) in [6.45, 7) is 1.92. The van der Waals surface area contributed by atoms with Crippen LogP contribution in [-0.2, 0) is 4.79 Å². The number of benzene rings is 2. The molecular weight excluding hydrogens is 416 g/mol. The highest BCUT2D eigenvalue weighted by Crippen LogP contribution is 2.43. The molecule has 0 bridgehead atoms. The highest BCUT2D eigenvalue weighted by Gasteiger charge is 2.33. The van der Waals surface area contributed by atoms with Gasteiger partial charge in [0.05, 0.1) is 30.1 Å². The molecule has 5 rings (SSSR count). The van der Waals surface area contributed by atoms with Crippen LogP contribution in [0.1, 0.15) is 29.2 Å². The molecule has 9 heteroatoms. The number of carbonyl (C=O) groups is 1. The number of fused-ring (bicyclic) bond motifs is 2. The number of thiazole rings is 1. The maximum atomic E-state index is 12.6. The second kappa shape index (κ2) is 7.28. The van der Waals surface area contributed by atoms with E-state index in [1.54, 1.807) is 23.9 Å². The van der Waals surface area contributed by atoms with Crippen molar-refractivity contribution in [3.05, 3.63) is 53.2 Å². The van der Waals surface area contributed by atoms with E-state index in [9.17, 15) is 9.90 Å². The smallest absolute Gasteiger partial charge is 0.226 e. The van der Waals surface area contributed by atoms with Gasteiger partial charge in [-0.3, -0.25) is 4.79 Å². The van der Waals surface area contributed by atoms with Crippen LogP contribution in [0.2, 0.25) is 0 Å². The van der Waals surface area contributed by atoms with Crippen LogP contribution >= 0.6 is 11.3 Å². The Bertz CT molecular complexity index is 1330. The molecule has 0 radical (unpaired) electrons. The van der Waals surface area contributed by atoms with Gasteiger partial charge >= 0.3 is 0 Å². The Morgan fingerprint density at radius 1 is 1.19 bits per heavy atom. The second-order valence-corrected chi connectivity index (χ2v) is 8.33. The molecule has 1 atom stereocenters. The van der Waals surface area contributed by atoms with E-state index in [1.165, 1.54) is 18.4 Å². The Kier molecular flexibility index (Phi) is 4.55. The number of hydrogen-bond donors (Lipinski definition) is 2. The summed E-state index contributed by atoms with van der Waals surface area (Å²) in [5.41, 5.74) is 3.46. The van der Waals surface area contributed by atoms with Crippen molar-refractivity contribution >= 4 is 33.3 Å². The molecule has 8 nitrogen and oxygen atoms in total. The number of phenols is 1. The molecule has 0 fully saturated rings. The highest BCUT2D eigenvalue weighted by atomic mass is 32.1. The van der Waals surface area contributed by atoms with Gasteiger partial charge in [-0.25, -0.2) is 4.98 Å². The van der Waals surface area contributed by atoms with Gasteiger partial charge < -0.3 is 19.9 Å². The fraction of sp³-hybridized carbons (Fsp3) is 0.227. The van der Waals surface area contributed by atoms with E-state index in [0.717, 1.165) is 32.8 Å². The summed E-state index contributed by atoms with van der Waals surface area (Å²) in [4.78, 5) is 17.3. The summed E-state index contributed by atoms with van der Waals surface area (Å²) in [7, 11) is 3.13. The summed E-state index contributed by atoms with van der Waals surface area (Å²) in [6.07, 6.45) is 0.282. The maximum absolute atomic E-state index is 12.6. The summed E-state index contributed by atoms with van der Waals surface area (Å²) in [5, 5.41) is 18.3. The number of nitrogens with zero attached hydrogens (tertiary/aromatic N) is 3. The lowest BCUT2D eigenvalue weighted by molar-refractivity contribution is -0.116. The van der Waals surface area contributed by atoms with E-state index in [0.29, 0.717) is 16.7 Å². The van der Waals surface area contributed by atoms with E-state index in [2.05, 4.69) is 5.32 Å². The molecule has 2 aromatic carbocycles. The summed E-state index contributed by atoms with van der Waals surface area (Å²) < 4.78 is 13.2. The van der Waals surface area contributed by atoms with Crippen LogP contribution in [0.5, 0.6) is 17.2 Å². The largest absolute Gasteiger partial charge is 0.504 e. The second-order valence-electron chi connectivity index (χ2n) is 7.33. The third-order valence-corrected chi connectivity index (χ3v) is 6.47. The van der Waals surface area contributed by atoms with Gasteiger partial charge in [0.15, 0.2) is 11.5 Å². The highest BCUT2D eigenvalue weighted by molar-refractivity contribution is 7.20. The number of methoxy groups -OCH3 is 2. The lowest BCUT2D eigenvalue weighted by Gasteiger charge is -2.24. The zero-order chi connectivity index (χ0) is 21.7. The summed E-state index contributed by atoms with van der Waals surface area (Å²) in [6, 6.07) is 10.9. The Morgan fingerprint density at radius 2 is 2.03 bits per heavy atom. The van der Waals surface area contributed by atoms with E-state index < -0.39 is 0 Å². The van der Waals surface area contributed by atoms with E-state index in [1.807, 2.05) is 31.2 Å². The van der Waals surface area contributed by atoms with Crippen molar-refractivity contribution in [2.75, 3.05) is 19.5 Å². The van der Waals surface area contributed by atoms with Crippen molar-refractivity contribution in [1.82, 2.24) is 14.8 Å². The summed E-state index contributed by atoms with van der Waals surface area (Å²) in [5.74, 6) is 1.50. The molecule has 0 aliphatic carbocycles. The molecule has 1 aliphatic rings. The SMILES string of the molecule is COc1ccc2nc(-n3nc(C)c4c3NC(=O)C[C@H]4c3ccc(O)c(OC)c3)sc2c1. The average Bonchev–Trinajstić information content (AvgIpc) is 3.33. The molecule has 0 unspecified atom stereocenters. The molecule has 158 valence electrons. The number of nitrogens with one attached hydrogen (secondary N) is 1. The van der Waals surface area contributed by atoms with Crippen molar-refractivity contribution in [3.8, 4) is 22.4 Å². The van der Waals surface area contributed by atoms with Crippen LogP contribution in [0.15, 0.2) is 36.4 Å². The molecule has 0 spiro atoms. The first-order valence-corrected chi connectivity index (χ1v) is 10.5. The van der Waals surface area contributed by atoms with E-state index in [4.69, 9.17) is 19.6 Å². The van der Waals surface area contributed by atoms with Crippen LogP contribution in [-0.4, -0.2) is 40.0 Å². The Hall–Kier alpha value is -3.59. The zero-order valence-corrected chi connectivity index (χ0v) is 18.0. The first-order chi connectivity index (χ1) is 15.0. The first-order valence-electron chi connectivity index (χ1n) is 9.69. The monoisotopic (exact) mass is 436 g/mol. The molecule has 4 aromatic rings. The Labute approximate surface area is 182 Å². The summed E-state index contributed by atoms with van der Waals surface area (Å²) >= 11 is 1.48. The predicted octanol–water partition coefficient (Wildman–Crippen LogP) is 3.99.